The van der Waals surface area contributed by atoms with E-state index in [1.807, 2.05) is 37.3 Å². The van der Waals surface area contributed by atoms with Crippen molar-refractivity contribution in [1.82, 2.24) is 15.2 Å². The maximum Gasteiger partial charge on any atom is 0.416 e. The molecule has 3 aromatic rings. The van der Waals surface area contributed by atoms with Gasteiger partial charge in [0.15, 0.2) is 5.13 Å². The molecule has 0 aliphatic carbocycles. The first-order valence-corrected chi connectivity index (χ1v) is 11.6. The van der Waals surface area contributed by atoms with Gasteiger partial charge in [0.1, 0.15) is 5.69 Å². The highest BCUT2D eigenvalue weighted by molar-refractivity contribution is 7.14. The number of thiazole rings is 1. The van der Waals surface area contributed by atoms with Gasteiger partial charge in [0.05, 0.1) is 5.56 Å². The van der Waals surface area contributed by atoms with Crippen LogP contribution in [0.4, 0.5) is 24.0 Å². The second-order valence-electron chi connectivity index (χ2n) is 7.55. The third kappa shape index (κ3) is 7.31. The van der Waals surface area contributed by atoms with Gasteiger partial charge in [-0.3, -0.25) is 9.59 Å². The van der Waals surface area contributed by atoms with E-state index in [4.69, 9.17) is 0 Å². The maximum absolute atomic E-state index is 13.2. The fourth-order valence-corrected chi connectivity index (χ4v) is 3.84. The lowest BCUT2D eigenvalue weighted by molar-refractivity contribution is -0.137. The molecule has 0 aliphatic rings. The number of hydrogen-bond acceptors (Lipinski definition) is 5. The van der Waals surface area contributed by atoms with E-state index in [-0.39, 0.29) is 36.2 Å². The second kappa shape index (κ2) is 11.6. The number of rotatable bonds is 10. The zero-order valence-electron chi connectivity index (χ0n) is 18.6. The van der Waals surface area contributed by atoms with Gasteiger partial charge in [-0.25, -0.2) is 4.98 Å². The molecule has 2 aromatic carbocycles. The Morgan fingerprint density at radius 2 is 1.85 bits per heavy atom. The standard InChI is InChI=1S/C24H25F3N4O2S/c1-2-12-28-21(32)11-13-31(15-17-7-4-3-5-8-17)22(33)20-16-34-23(30-20)29-19-10-6-9-18(14-19)24(25,26)27/h3-10,14,16H,2,11-13,15H2,1H3,(H,28,32)(H,29,30). The molecule has 0 saturated carbocycles. The van der Waals surface area contributed by atoms with Crippen LogP contribution in [-0.4, -0.2) is 34.8 Å². The highest BCUT2D eigenvalue weighted by atomic mass is 32.1. The van der Waals surface area contributed by atoms with Gasteiger partial charge in [0.25, 0.3) is 5.91 Å². The van der Waals surface area contributed by atoms with E-state index in [9.17, 15) is 22.8 Å². The molecule has 0 saturated heterocycles. The van der Waals surface area contributed by atoms with Crippen molar-refractivity contribution in [3.05, 3.63) is 76.8 Å². The molecule has 0 atom stereocenters. The fourth-order valence-electron chi connectivity index (χ4n) is 3.13. The smallest absolute Gasteiger partial charge is 0.356 e. The van der Waals surface area contributed by atoms with Gasteiger partial charge in [-0.2, -0.15) is 13.2 Å². The number of carbonyl (C=O) groups is 2. The van der Waals surface area contributed by atoms with Crippen LogP contribution in [0.1, 0.15) is 41.4 Å². The Balaban J connectivity index is 1.72. The summed E-state index contributed by atoms with van der Waals surface area (Å²) >= 11 is 1.12. The third-order valence-electron chi connectivity index (χ3n) is 4.85. The summed E-state index contributed by atoms with van der Waals surface area (Å²) in [6.45, 7) is 3.03. The quantitative estimate of drug-likeness (QED) is 0.396. The number of alkyl halides is 3. The molecule has 0 unspecified atom stereocenters. The first kappa shape index (κ1) is 25.2. The van der Waals surface area contributed by atoms with Gasteiger partial charge in [-0.1, -0.05) is 43.3 Å². The van der Waals surface area contributed by atoms with Gasteiger partial charge < -0.3 is 15.5 Å². The molecule has 3 rings (SSSR count). The number of benzene rings is 2. The van der Waals surface area contributed by atoms with Crippen LogP contribution >= 0.6 is 11.3 Å². The number of anilines is 2. The molecule has 2 amide bonds. The molecule has 2 N–H and O–H groups in total. The minimum absolute atomic E-state index is 0.141. The molecule has 0 fully saturated rings. The Morgan fingerprint density at radius 1 is 1.09 bits per heavy atom. The number of hydrogen-bond donors (Lipinski definition) is 2. The van der Waals surface area contributed by atoms with Gasteiger partial charge in [-0.15, -0.1) is 11.3 Å². The number of carbonyl (C=O) groups excluding carboxylic acids is 2. The van der Waals surface area contributed by atoms with Crippen molar-refractivity contribution >= 4 is 34.0 Å². The lowest BCUT2D eigenvalue weighted by atomic mass is 10.2. The summed E-state index contributed by atoms with van der Waals surface area (Å²) in [7, 11) is 0. The molecule has 0 radical (unpaired) electrons. The van der Waals surface area contributed by atoms with Crippen LogP contribution in [0.2, 0.25) is 0 Å². The van der Waals surface area contributed by atoms with Crippen LogP contribution in [0.5, 0.6) is 0 Å². The van der Waals surface area contributed by atoms with Crippen molar-refractivity contribution in [2.45, 2.75) is 32.5 Å². The average molecular weight is 491 g/mol. The Labute approximate surface area is 199 Å². The molecule has 10 heteroatoms. The first-order chi connectivity index (χ1) is 16.3. The maximum atomic E-state index is 13.2. The van der Waals surface area contributed by atoms with Gasteiger partial charge in [-0.05, 0) is 30.2 Å². The number of nitrogens with one attached hydrogen (secondary N) is 2. The highest BCUT2D eigenvalue weighted by Crippen LogP contribution is 2.32. The summed E-state index contributed by atoms with van der Waals surface area (Å²) in [5, 5.41) is 7.47. The zero-order chi connectivity index (χ0) is 24.6. The van der Waals surface area contributed by atoms with Crippen LogP contribution in [0.25, 0.3) is 0 Å². The minimum atomic E-state index is -4.46. The summed E-state index contributed by atoms with van der Waals surface area (Å²) in [4.78, 5) is 31.1. The molecule has 6 nitrogen and oxygen atoms in total. The fraction of sp³-hybridized carbons (Fsp3) is 0.292. The van der Waals surface area contributed by atoms with Crippen molar-refractivity contribution in [2.24, 2.45) is 0 Å². The number of nitrogens with zero attached hydrogens (tertiary/aromatic N) is 2. The largest absolute Gasteiger partial charge is 0.416 e. The first-order valence-electron chi connectivity index (χ1n) is 10.8. The summed E-state index contributed by atoms with van der Waals surface area (Å²) < 4.78 is 38.9. The molecule has 1 aromatic heterocycles. The van der Waals surface area contributed by atoms with E-state index in [1.165, 1.54) is 12.1 Å². The van der Waals surface area contributed by atoms with Crippen LogP contribution in [0, 0.1) is 0 Å². The predicted octanol–water partition coefficient (Wildman–Crippen LogP) is 5.46. The number of aromatic nitrogens is 1. The predicted molar refractivity (Wildman–Crippen MR) is 126 cm³/mol. The van der Waals surface area contributed by atoms with Crippen LogP contribution in [-0.2, 0) is 17.5 Å². The summed E-state index contributed by atoms with van der Waals surface area (Å²) in [5.74, 6) is -0.502. The number of halogens is 3. The van der Waals surface area contributed by atoms with Crippen molar-refractivity contribution < 1.29 is 22.8 Å². The van der Waals surface area contributed by atoms with E-state index in [0.29, 0.717) is 18.2 Å². The van der Waals surface area contributed by atoms with Gasteiger partial charge >= 0.3 is 6.18 Å². The lowest BCUT2D eigenvalue weighted by Gasteiger charge is -2.22. The Morgan fingerprint density at radius 3 is 2.56 bits per heavy atom. The summed E-state index contributed by atoms with van der Waals surface area (Å²) in [6.07, 6.45) is -3.49. The molecule has 34 heavy (non-hydrogen) atoms. The molecule has 180 valence electrons. The van der Waals surface area contributed by atoms with Crippen molar-refractivity contribution in [3.8, 4) is 0 Å². The molecule has 1 heterocycles. The minimum Gasteiger partial charge on any atom is -0.356 e. The molecular formula is C24H25F3N4O2S. The van der Waals surface area contributed by atoms with E-state index in [1.54, 1.807) is 10.3 Å². The Hall–Kier alpha value is -3.40. The van der Waals surface area contributed by atoms with E-state index < -0.39 is 11.7 Å². The molecular weight excluding hydrogens is 465 g/mol. The molecule has 0 spiro atoms. The van der Waals surface area contributed by atoms with E-state index in [0.717, 1.165) is 35.5 Å². The monoisotopic (exact) mass is 490 g/mol. The molecule has 0 aliphatic heterocycles. The van der Waals surface area contributed by atoms with Crippen LogP contribution in [0.3, 0.4) is 0 Å². The second-order valence-corrected chi connectivity index (χ2v) is 8.41. The van der Waals surface area contributed by atoms with Gasteiger partial charge in [0.2, 0.25) is 5.91 Å². The van der Waals surface area contributed by atoms with Crippen LogP contribution < -0.4 is 10.6 Å². The number of amides is 2. The topological polar surface area (TPSA) is 74.3 Å². The SMILES string of the molecule is CCCNC(=O)CCN(Cc1ccccc1)C(=O)c1csc(Nc2cccc(C(F)(F)F)c2)n1. The highest BCUT2D eigenvalue weighted by Gasteiger charge is 2.30. The van der Waals surface area contributed by atoms with Crippen molar-refractivity contribution in [1.29, 1.82) is 0 Å². The summed E-state index contributed by atoms with van der Waals surface area (Å²) in [6, 6.07) is 14.2. The van der Waals surface area contributed by atoms with Crippen LogP contribution in [0.15, 0.2) is 60.0 Å². The Kier molecular flexibility index (Phi) is 8.64. The third-order valence-corrected chi connectivity index (χ3v) is 5.61. The van der Waals surface area contributed by atoms with E-state index in [2.05, 4.69) is 15.6 Å². The average Bonchev–Trinajstić information content (AvgIpc) is 3.28. The zero-order valence-corrected chi connectivity index (χ0v) is 19.4. The van der Waals surface area contributed by atoms with Gasteiger partial charge in [0, 0.05) is 37.1 Å². The summed E-state index contributed by atoms with van der Waals surface area (Å²) in [5.41, 5.74) is 0.504. The molecule has 0 bridgehead atoms. The van der Waals surface area contributed by atoms with Crippen molar-refractivity contribution in [3.63, 3.8) is 0 Å². The van der Waals surface area contributed by atoms with E-state index >= 15 is 0 Å². The Bertz CT molecular complexity index is 1100. The van der Waals surface area contributed by atoms with Crippen molar-refractivity contribution in [2.75, 3.05) is 18.4 Å². The lowest BCUT2D eigenvalue weighted by Crippen LogP contribution is -2.35. The normalized spacial score (nSPS) is 11.2.